The zero-order valence-corrected chi connectivity index (χ0v) is 11.2. The Kier molecular flexibility index (Phi) is 3.21. The van der Waals surface area contributed by atoms with E-state index in [4.69, 9.17) is 12.2 Å². The molecule has 0 aromatic heterocycles. The minimum atomic E-state index is 0.445. The summed E-state index contributed by atoms with van der Waals surface area (Å²) in [6.07, 6.45) is 4.99. The highest BCUT2D eigenvalue weighted by Gasteiger charge is 2.28. The van der Waals surface area contributed by atoms with Crippen LogP contribution in [0.4, 0.5) is 0 Å². The first-order chi connectivity index (χ1) is 8.34. The third-order valence-electron chi connectivity index (χ3n) is 3.41. The molecular formula is C14H15NS2. The molecule has 0 radical (unpaired) electrons. The van der Waals surface area contributed by atoms with Crippen LogP contribution >= 0.6 is 24.0 Å². The highest BCUT2D eigenvalue weighted by atomic mass is 32.2. The van der Waals surface area contributed by atoms with Gasteiger partial charge in [-0.1, -0.05) is 54.3 Å². The second-order valence-electron chi connectivity index (χ2n) is 4.53. The van der Waals surface area contributed by atoms with E-state index >= 15 is 0 Å². The number of hydrogen-bond acceptors (Lipinski definition) is 2. The Morgan fingerprint density at radius 3 is 2.71 bits per heavy atom. The first kappa shape index (κ1) is 11.3. The largest absolute Gasteiger partial charge is 0.345 e. The van der Waals surface area contributed by atoms with E-state index in [9.17, 15) is 0 Å². The van der Waals surface area contributed by atoms with Gasteiger partial charge in [0.2, 0.25) is 0 Å². The molecule has 3 heteroatoms. The number of thioether (sulfide) groups is 1. The maximum atomic E-state index is 5.37. The van der Waals surface area contributed by atoms with Gasteiger partial charge < -0.3 is 5.32 Å². The van der Waals surface area contributed by atoms with Gasteiger partial charge in [-0.25, -0.2) is 0 Å². The summed E-state index contributed by atoms with van der Waals surface area (Å²) in [7, 11) is 0. The van der Waals surface area contributed by atoms with E-state index in [1.165, 1.54) is 36.9 Å². The summed E-state index contributed by atoms with van der Waals surface area (Å²) in [6.45, 7) is 0. The molecule has 0 saturated heterocycles. The molecule has 0 spiro atoms. The van der Waals surface area contributed by atoms with Crippen LogP contribution in [-0.2, 0) is 0 Å². The smallest absolute Gasteiger partial charge is 0.138 e. The molecule has 1 aliphatic heterocycles. The predicted molar refractivity (Wildman–Crippen MR) is 78.0 cm³/mol. The summed E-state index contributed by atoms with van der Waals surface area (Å²) in [6, 6.07) is 10.7. The Morgan fingerprint density at radius 2 is 1.88 bits per heavy atom. The number of thiocarbonyl (C=S) groups is 1. The Morgan fingerprint density at radius 1 is 1.12 bits per heavy atom. The lowest BCUT2D eigenvalue weighted by Crippen LogP contribution is -2.28. The van der Waals surface area contributed by atoms with E-state index in [2.05, 4.69) is 35.6 Å². The van der Waals surface area contributed by atoms with E-state index in [-0.39, 0.29) is 0 Å². The van der Waals surface area contributed by atoms with E-state index in [0.29, 0.717) is 5.25 Å². The molecule has 1 N–H and O–H groups in total. The van der Waals surface area contributed by atoms with Crippen LogP contribution in [-0.4, -0.2) is 4.32 Å². The van der Waals surface area contributed by atoms with E-state index in [1.807, 2.05) is 0 Å². The third-order valence-corrected chi connectivity index (χ3v) is 4.91. The van der Waals surface area contributed by atoms with Crippen molar-refractivity contribution in [1.29, 1.82) is 0 Å². The second-order valence-corrected chi connectivity index (χ2v) is 6.31. The second kappa shape index (κ2) is 4.83. The van der Waals surface area contributed by atoms with Gasteiger partial charge in [0.1, 0.15) is 4.32 Å². The number of allylic oxidation sites excluding steroid dienone is 1. The quantitative estimate of drug-likeness (QED) is 0.762. The number of nitrogens with one attached hydrogen (secondary N) is 1. The van der Waals surface area contributed by atoms with E-state index in [1.54, 1.807) is 17.3 Å². The van der Waals surface area contributed by atoms with Crippen LogP contribution < -0.4 is 5.32 Å². The highest BCUT2D eigenvalue weighted by molar-refractivity contribution is 8.23. The van der Waals surface area contributed by atoms with Crippen LogP contribution in [0.1, 0.15) is 36.5 Å². The predicted octanol–water partition coefficient (Wildman–Crippen LogP) is 4.18. The molecule has 3 rings (SSSR count). The first-order valence-corrected chi connectivity index (χ1v) is 7.38. The van der Waals surface area contributed by atoms with Crippen molar-refractivity contribution in [2.75, 3.05) is 0 Å². The summed E-state index contributed by atoms with van der Waals surface area (Å²) in [5, 5.41) is 3.84. The Hall–Kier alpha value is -0.800. The van der Waals surface area contributed by atoms with E-state index < -0.39 is 0 Å². The summed E-state index contributed by atoms with van der Waals surface area (Å²) >= 11 is 7.16. The molecule has 1 unspecified atom stereocenters. The minimum Gasteiger partial charge on any atom is -0.345 e. The van der Waals surface area contributed by atoms with Crippen molar-refractivity contribution in [1.82, 2.24) is 5.32 Å². The van der Waals surface area contributed by atoms with Crippen molar-refractivity contribution in [3.05, 3.63) is 47.2 Å². The first-order valence-electron chi connectivity index (χ1n) is 6.09. The van der Waals surface area contributed by atoms with Gasteiger partial charge in [0.15, 0.2) is 0 Å². The van der Waals surface area contributed by atoms with Crippen LogP contribution in [0, 0.1) is 0 Å². The molecule has 17 heavy (non-hydrogen) atoms. The fraction of sp³-hybridized carbons (Fsp3) is 0.357. The van der Waals surface area contributed by atoms with Crippen LogP contribution in [0.15, 0.2) is 41.6 Å². The van der Waals surface area contributed by atoms with Gasteiger partial charge in [-0.2, -0.15) is 0 Å². The van der Waals surface area contributed by atoms with Gasteiger partial charge in [0.25, 0.3) is 0 Å². The topological polar surface area (TPSA) is 12.0 Å². The van der Waals surface area contributed by atoms with Gasteiger partial charge in [-0.05, 0) is 36.8 Å². The molecule has 0 fully saturated rings. The standard InChI is InChI=1S/C14H15NS2/c16-14-15-12-9-5-4-8-11(12)13(17-14)10-6-2-1-3-7-10/h1-3,6-7,13H,4-5,8-9H2,(H,15,16). The zero-order chi connectivity index (χ0) is 11.7. The van der Waals surface area contributed by atoms with Crippen LogP contribution in [0.3, 0.4) is 0 Å². The molecule has 1 atom stereocenters. The SMILES string of the molecule is S=C1NC2=C(CCCC2)C(c2ccccc2)S1. The third kappa shape index (κ3) is 2.26. The van der Waals surface area contributed by atoms with Crippen LogP contribution in [0.25, 0.3) is 0 Å². The van der Waals surface area contributed by atoms with E-state index in [0.717, 1.165) is 4.32 Å². The summed E-state index contributed by atoms with van der Waals surface area (Å²) in [5.41, 5.74) is 4.35. The molecule has 1 aromatic carbocycles. The molecule has 0 amide bonds. The molecule has 0 saturated carbocycles. The van der Waals surface area contributed by atoms with Crippen molar-refractivity contribution >= 4 is 28.3 Å². The van der Waals surface area contributed by atoms with Gasteiger partial charge in [-0.15, -0.1) is 0 Å². The van der Waals surface area contributed by atoms with Crippen LogP contribution in [0.2, 0.25) is 0 Å². The van der Waals surface area contributed by atoms with Crippen LogP contribution in [0.5, 0.6) is 0 Å². The van der Waals surface area contributed by atoms with Crippen molar-refractivity contribution in [2.45, 2.75) is 30.9 Å². The van der Waals surface area contributed by atoms with Crippen molar-refractivity contribution in [3.8, 4) is 0 Å². The number of benzene rings is 1. The Balaban J connectivity index is 2.00. The van der Waals surface area contributed by atoms with Gasteiger partial charge in [0, 0.05) is 5.70 Å². The van der Waals surface area contributed by atoms with Crippen molar-refractivity contribution < 1.29 is 0 Å². The molecule has 1 aliphatic carbocycles. The van der Waals surface area contributed by atoms with Gasteiger partial charge in [0.05, 0.1) is 5.25 Å². The molecule has 0 bridgehead atoms. The normalized spacial score (nSPS) is 24.2. The lowest BCUT2D eigenvalue weighted by atomic mass is 9.91. The van der Waals surface area contributed by atoms with Gasteiger partial charge in [-0.3, -0.25) is 0 Å². The average molecular weight is 261 g/mol. The molecule has 88 valence electrons. The lowest BCUT2D eigenvalue weighted by Gasteiger charge is -2.32. The summed E-state index contributed by atoms with van der Waals surface area (Å²) < 4.78 is 0.930. The molecule has 2 aliphatic rings. The number of rotatable bonds is 1. The van der Waals surface area contributed by atoms with Gasteiger partial charge >= 0.3 is 0 Å². The monoisotopic (exact) mass is 261 g/mol. The lowest BCUT2D eigenvalue weighted by molar-refractivity contribution is 0.637. The minimum absolute atomic E-state index is 0.445. The molecular weight excluding hydrogens is 246 g/mol. The summed E-state index contributed by atoms with van der Waals surface area (Å²) in [4.78, 5) is 0. The maximum absolute atomic E-state index is 5.37. The maximum Gasteiger partial charge on any atom is 0.138 e. The molecule has 1 nitrogen and oxygen atoms in total. The fourth-order valence-electron chi connectivity index (χ4n) is 2.59. The Bertz CT molecular complexity index is 464. The molecule has 1 aromatic rings. The van der Waals surface area contributed by atoms with Crippen molar-refractivity contribution in [3.63, 3.8) is 0 Å². The summed E-state index contributed by atoms with van der Waals surface area (Å²) in [5.74, 6) is 0. The number of hydrogen-bond donors (Lipinski definition) is 1. The fourth-order valence-corrected chi connectivity index (χ4v) is 4.09. The Labute approximate surface area is 112 Å². The molecule has 1 heterocycles. The highest BCUT2D eigenvalue weighted by Crippen LogP contribution is 2.45. The average Bonchev–Trinajstić information content (AvgIpc) is 2.39. The zero-order valence-electron chi connectivity index (χ0n) is 9.61. The van der Waals surface area contributed by atoms with Crippen molar-refractivity contribution in [2.24, 2.45) is 0 Å².